The Bertz CT molecular complexity index is 1870. The first-order chi connectivity index (χ1) is 26.1. The van der Waals surface area contributed by atoms with Crippen LogP contribution in [-0.2, 0) is 28.9 Å². The van der Waals surface area contributed by atoms with E-state index in [1.807, 2.05) is 107 Å². The smallest absolute Gasteiger partial charge is 0.330 e. The van der Waals surface area contributed by atoms with Gasteiger partial charge in [-0.1, -0.05) is 54.6 Å². The second-order valence-corrected chi connectivity index (χ2v) is 14.6. The van der Waals surface area contributed by atoms with E-state index in [0.717, 1.165) is 16.7 Å². The lowest BCUT2D eigenvalue weighted by Gasteiger charge is -2.39. The number of aromatic amines is 1. The Balaban J connectivity index is 1.64. The molecule has 54 heavy (non-hydrogen) atoms. The molecule has 14 heteroatoms. The van der Waals surface area contributed by atoms with Gasteiger partial charge in [-0.25, -0.2) is 9.46 Å². The number of nitrogens with zero attached hydrogens (tertiary/aromatic N) is 3. The van der Waals surface area contributed by atoms with Crippen LogP contribution in [0.15, 0.2) is 101 Å². The summed E-state index contributed by atoms with van der Waals surface area (Å²) in [7, 11) is 2.98. The summed E-state index contributed by atoms with van der Waals surface area (Å²) in [5, 5.41) is 9.33. The molecule has 1 fully saturated rings. The highest BCUT2D eigenvalue weighted by Crippen LogP contribution is 2.51. The largest absolute Gasteiger partial charge is 0.497 e. The van der Waals surface area contributed by atoms with Crippen molar-refractivity contribution < 1.29 is 32.7 Å². The van der Waals surface area contributed by atoms with Crippen LogP contribution in [0.5, 0.6) is 11.5 Å². The Kier molecular flexibility index (Phi) is 14.2. The number of nitriles is 1. The predicted octanol–water partition coefficient (Wildman–Crippen LogP) is 6.14. The van der Waals surface area contributed by atoms with E-state index in [1.165, 1.54) is 23.9 Å². The van der Waals surface area contributed by atoms with Crippen molar-refractivity contribution in [2.45, 2.75) is 76.3 Å². The van der Waals surface area contributed by atoms with E-state index in [4.69, 9.17) is 32.7 Å². The molecule has 5 rings (SSSR count). The van der Waals surface area contributed by atoms with Crippen molar-refractivity contribution >= 4 is 8.53 Å². The van der Waals surface area contributed by atoms with E-state index in [1.54, 1.807) is 14.2 Å². The number of hydrogen-bond acceptors (Lipinski definition) is 11. The molecular formula is C40H49N4O9P. The fourth-order valence-electron chi connectivity index (χ4n) is 6.75. The summed E-state index contributed by atoms with van der Waals surface area (Å²) < 4.78 is 47.6. The molecule has 5 atom stereocenters. The summed E-state index contributed by atoms with van der Waals surface area (Å²) in [6.07, 6.45) is -1.97. The Morgan fingerprint density at radius 3 is 1.93 bits per heavy atom. The van der Waals surface area contributed by atoms with Crippen LogP contribution in [0.3, 0.4) is 0 Å². The summed E-state index contributed by atoms with van der Waals surface area (Å²) in [6, 6.07) is 28.7. The molecule has 2 heterocycles. The van der Waals surface area contributed by atoms with E-state index in [2.05, 4.69) is 15.7 Å². The molecule has 0 saturated carbocycles. The zero-order valence-electron chi connectivity index (χ0n) is 31.7. The Morgan fingerprint density at radius 1 is 0.852 bits per heavy atom. The van der Waals surface area contributed by atoms with E-state index in [-0.39, 0.29) is 31.7 Å². The maximum atomic E-state index is 13.2. The number of aromatic nitrogens is 2. The van der Waals surface area contributed by atoms with Gasteiger partial charge in [0.25, 0.3) is 14.1 Å². The summed E-state index contributed by atoms with van der Waals surface area (Å²) in [4.78, 5) is 27.6. The molecular weight excluding hydrogens is 711 g/mol. The lowest BCUT2D eigenvalue weighted by molar-refractivity contribution is -0.0957. The molecule has 0 spiro atoms. The van der Waals surface area contributed by atoms with Gasteiger partial charge in [0, 0.05) is 31.5 Å². The molecule has 0 amide bonds. The predicted molar refractivity (Wildman–Crippen MR) is 204 cm³/mol. The summed E-state index contributed by atoms with van der Waals surface area (Å²) in [5.74, 6) is 1.37. The third kappa shape index (κ3) is 8.94. The number of methoxy groups -OCH3 is 3. The van der Waals surface area contributed by atoms with Gasteiger partial charge in [-0.2, -0.15) is 5.26 Å². The first kappa shape index (κ1) is 40.8. The fraction of sp³-hybridized carbons (Fsp3) is 0.425. The third-order valence-electron chi connectivity index (χ3n) is 9.19. The molecule has 0 radical (unpaired) electrons. The minimum atomic E-state index is -1.77. The molecule has 1 N–H and O–H groups in total. The maximum absolute atomic E-state index is 13.2. The van der Waals surface area contributed by atoms with Crippen molar-refractivity contribution in [2.24, 2.45) is 0 Å². The molecule has 288 valence electrons. The number of nitrogens with one attached hydrogen (secondary N) is 1. The quantitative estimate of drug-likeness (QED) is 0.0710. The molecule has 1 aliphatic rings. The summed E-state index contributed by atoms with van der Waals surface area (Å²) >= 11 is 0. The highest BCUT2D eigenvalue weighted by Gasteiger charge is 2.51. The Hall–Kier alpha value is -4.38. The van der Waals surface area contributed by atoms with Gasteiger partial charge in [-0.05, 0) is 68.7 Å². The number of H-pyrrole nitrogens is 1. The molecule has 3 aromatic carbocycles. The van der Waals surface area contributed by atoms with Crippen LogP contribution < -0.4 is 20.7 Å². The lowest BCUT2D eigenvalue weighted by Crippen LogP contribution is -2.43. The normalized spacial score (nSPS) is 19.3. The molecule has 1 aromatic heterocycles. The van der Waals surface area contributed by atoms with Crippen molar-refractivity contribution in [1.82, 2.24) is 14.2 Å². The van der Waals surface area contributed by atoms with Crippen LogP contribution in [0.2, 0.25) is 0 Å². The number of benzene rings is 3. The van der Waals surface area contributed by atoms with Gasteiger partial charge in [-0.3, -0.25) is 14.3 Å². The van der Waals surface area contributed by atoms with Gasteiger partial charge < -0.3 is 32.7 Å². The van der Waals surface area contributed by atoms with E-state index in [9.17, 15) is 14.9 Å². The molecule has 1 aliphatic heterocycles. The van der Waals surface area contributed by atoms with Crippen LogP contribution in [0, 0.1) is 11.3 Å². The number of hydrogen-bond donors (Lipinski definition) is 1. The second-order valence-electron chi connectivity index (χ2n) is 13.2. The Labute approximate surface area is 317 Å². The van der Waals surface area contributed by atoms with E-state index >= 15 is 0 Å². The van der Waals surface area contributed by atoms with Crippen LogP contribution in [0.1, 0.15) is 57.0 Å². The zero-order valence-corrected chi connectivity index (χ0v) is 32.6. The van der Waals surface area contributed by atoms with E-state index < -0.39 is 49.9 Å². The van der Waals surface area contributed by atoms with Crippen molar-refractivity contribution in [1.29, 1.82) is 5.26 Å². The van der Waals surface area contributed by atoms with E-state index in [0.29, 0.717) is 11.5 Å². The number of rotatable bonds is 18. The van der Waals surface area contributed by atoms with Crippen LogP contribution in [-0.4, -0.2) is 79.2 Å². The number of ether oxygens (including phenoxy) is 5. The molecule has 3 unspecified atom stereocenters. The van der Waals surface area contributed by atoms with Gasteiger partial charge in [0.1, 0.15) is 35.4 Å². The lowest BCUT2D eigenvalue weighted by atomic mass is 9.80. The third-order valence-corrected chi connectivity index (χ3v) is 11.3. The van der Waals surface area contributed by atoms with Gasteiger partial charge in [0.2, 0.25) is 0 Å². The first-order valence-electron chi connectivity index (χ1n) is 17.8. The van der Waals surface area contributed by atoms with Gasteiger partial charge >= 0.3 is 5.69 Å². The molecule has 4 aromatic rings. The minimum Gasteiger partial charge on any atom is -0.497 e. The van der Waals surface area contributed by atoms with Gasteiger partial charge in [0.15, 0.2) is 6.23 Å². The fourth-order valence-corrected chi connectivity index (χ4v) is 8.52. The van der Waals surface area contributed by atoms with Gasteiger partial charge in [-0.15, -0.1) is 0 Å². The van der Waals surface area contributed by atoms with Crippen LogP contribution in [0.4, 0.5) is 0 Å². The standard InChI is InChI=1S/C40H49N4O9P/c1-27(2)44(28(3)4)54(51-25-11-23-41)53-36-34(52-38(37(36)49-7)43-24-22-35(45)42-39(43)46)26-50-40(29-12-9-8-10-13-29,30-14-18-32(47-5)19-15-30)31-16-20-33(48-6)21-17-31/h8-10,12-22,24,27-28,34,36-38H,11,25-26H2,1-7H3,(H,42,45,46)/t34-,36?,37?,38-,54?/m0/s1. The molecule has 13 nitrogen and oxygen atoms in total. The molecule has 1 saturated heterocycles. The first-order valence-corrected chi connectivity index (χ1v) is 18.9. The monoisotopic (exact) mass is 760 g/mol. The van der Waals surface area contributed by atoms with Crippen molar-refractivity contribution in [3.8, 4) is 17.6 Å². The van der Waals surface area contributed by atoms with Crippen molar-refractivity contribution in [3.63, 3.8) is 0 Å². The molecule has 0 bridgehead atoms. The summed E-state index contributed by atoms with van der Waals surface area (Å²) in [5.41, 5.74) is 0.101. The maximum Gasteiger partial charge on any atom is 0.330 e. The molecule has 0 aliphatic carbocycles. The Morgan fingerprint density at radius 2 is 1.43 bits per heavy atom. The highest BCUT2D eigenvalue weighted by molar-refractivity contribution is 7.44. The topological polar surface area (TPSA) is 147 Å². The van der Waals surface area contributed by atoms with Crippen molar-refractivity contribution in [2.75, 3.05) is 34.5 Å². The van der Waals surface area contributed by atoms with Crippen LogP contribution >= 0.6 is 8.53 Å². The van der Waals surface area contributed by atoms with Gasteiger partial charge in [0.05, 0.1) is 39.9 Å². The minimum absolute atomic E-state index is 0.0182. The average molecular weight is 761 g/mol. The van der Waals surface area contributed by atoms with Crippen LogP contribution in [0.25, 0.3) is 0 Å². The second kappa shape index (κ2) is 18.8. The SMILES string of the molecule is COc1ccc(C(OC[C@@H]2O[C@H](n3ccc(=O)[nH]c3=O)C(OC)C2OP(OCCC#N)N(C(C)C)C(C)C)(c2ccccc2)c2ccc(OC)cc2)cc1. The summed E-state index contributed by atoms with van der Waals surface area (Å²) in [6.45, 7) is 8.30. The highest BCUT2D eigenvalue weighted by atomic mass is 31.2. The average Bonchev–Trinajstić information content (AvgIpc) is 3.51. The zero-order chi connectivity index (χ0) is 38.8. The van der Waals surface area contributed by atoms with Crippen molar-refractivity contribution in [3.05, 3.63) is 129 Å².